The predicted octanol–water partition coefficient (Wildman–Crippen LogP) is 3.24. The van der Waals surface area contributed by atoms with E-state index in [0.717, 1.165) is 16.1 Å². The van der Waals surface area contributed by atoms with E-state index >= 15 is 0 Å². The normalized spacial score (nSPS) is 11.6. The molecule has 0 aliphatic heterocycles. The zero-order valence-corrected chi connectivity index (χ0v) is 14.1. The summed E-state index contributed by atoms with van der Waals surface area (Å²) in [5.41, 5.74) is 0.404. The topological polar surface area (TPSA) is 91.4 Å². The Kier molecular flexibility index (Phi) is 3.96. The number of hydrogen-bond acceptors (Lipinski definition) is 5. The van der Waals surface area contributed by atoms with Gasteiger partial charge in [-0.05, 0) is 42.8 Å². The van der Waals surface area contributed by atoms with Crippen LogP contribution in [0, 0.1) is 22.9 Å². The standard InChI is InChI=1S/C16H13FN2O5S/c1-10-9-18(14-5-3-11(17)7-13(10)14)25(22,23)12-4-6-16(24-2)15(8-12)19(20)21/h3-9H,1-2H3. The molecule has 0 saturated heterocycles. The second-order valence-corrected chi connectivity index (χ2v) is 7.18. The van der Waals surface area contributed by atoms with Gasteiger partial charge in [-0.3, -0.25) is 10.1 Å². The molecule has 0 aliphatic carbocycles. The van der Waals surface area contributed by atoms with Gasteiger partial charge < -0.3 is 4.74 Å². The Balaban J connectivity index is 2.24. The minimum atomic E-state index is -4.10. The molecule has 0 radical (unpaired) electrons. The van der Waals surface area contributed by atoms with Gasteiger partial charge in [-0.25, -0.2) is 16.8 Å². The fraction of sp³-hybridized carbons (Fsp3) is 0.125. The molecule has 3 aromatic rings. The minimum absolute atomic E-state index is 0.0421. The number of fused-ring (bicyclic) bond motifs is 1. The number of aryl methyl sites for hydroxylation is 1. The SMILES string of the molecule is COc1ccc(S(=O)(=O)n2cc(C)c3cc(F)ccc32)cc1[N+](=O)[O-]. The molecule has 3 rings (SSSR count). The highest BCUT2D eigenvalue weighted by molar-refractivity contribution is 7.90. The van der Waals surface area contributed by atoms with Gasteiger partial charge in [0.2, 0.25) is 0 Å². The quantitative estimate of drug-likeness (QED) is 0.523. The van der Waals surface area contributed by atoms with E-state index in [1.54, 1.807) is 6.92 Å². The lowest BCUT2D eigenvalue weighted by atomic mass is 10.2. The zero-order valence-electron chi connectivity index (χ0n) is 13.3. The van der Waals surface area contributed by atoms with E-state index in [9.17, 15) is 22.9 Å². The number of methoxy groups -OCH3 is 1. The van der Waals surface area contributed by atoms with Crippen LogP contribution in [0.1, 0.15) is 5.56 Å². The lowest BCUT2D eigenvalue weighted by Gasteiger charge is -2.09. The Bertz CT molecular complexity index is 1110. The van der Waals surface area contributed by atoms with Crippen molar-refractivity contribution in [2.45, 2.75) is 11.8 Å². The molecule has 0 spiro atoms. The van der Waals surface area contributed by atoms with Crippen LogP contribution in [0.3, 0.4) is 0 Å². The van der Waals surface area contributed by atoms with Crippen LogP contribution in [-0.4, -0.2) is 24.4 Å². The second kappa shape index (κ2) is 5.85. The molecule has 9 heteroatoms. The highest BCUT2D eigenvalue weighted by atomic mass is 32.2. The van der Waals surface area contributed by atoms with Crippen molar-refractivity contribution >= 4 is 26.6 Å². The maximum atomic E-state index is 13.4. The smallest absolute Gasteiger partial charge is 0.312 e. The summed E-state index contributed by atoms with van der Waals surface area (Å²) in [7, 11) is -2.85. The largest absolute Gasteiger partial charge is 0.490 e. The van der Waals surface area contributed by atoms with E-state index in [2.05, 4.69) is 0 Å². The van der Waals surface area contributed by atoms with Gasteiger partial charge in [-0.15, -0.1) is 0 Å². The van der Waals surface area contributed by atoms with E-state index in [-0.39, 0.29) is 16.2 Å². The molecule has 2 aromatic carbocycles. The van der Waals surface area contributed by atoms with Crippen LogP contribution >= 0.6 is 0 Å². The molecule has 0 saturated carbocycles. The van der Waals surface area contributed by atoms with Gasteiger partial charge in [0.1, 0.15) is 5.82 Å². The van der Waals surface area contributed by atoms with Crippen molar-refractivity contribution in [1.82, 2.24) is 3.97 Å². The number of aromatic nitrogens is 1. The highest BCUT2D eigenvalue weighted by Crippen LogP contribution is 2.32. The first-order chi connectivity index (χ1) is 11.8. The van der Waals surface area contributed by atoms with E-state index in [1.165, 1.54) is 37.6 Å². The molecule has 1 heterocycles. The van der Waals surface area contributed by atoms with Crippen LogP contribution in [0.25, 0.3) is 10.9 Å². The summed E-state index contributed by atoms with van der Waals surface area (Å²) in [4.78, 5) is 10.2. The maximum Gasteiger partial charge on any atom is 0.312 e. The molecule has 0 unspecified atom stereocenters. The number of ether oxygens (including phenoxy) is 1. The molecule has 25 heavy (non-hydrogen) atoms. The maximum absolute atomic E-state index is 13.4. The number of nitrogens with zero attached hydrogens (tertiary/aromatic N) is 2. The number of nitro groups is 1. The van der Waals surface area contributed by atoms with E-state index in [1.807, 2.05) is 0 Å². The Hall–Kier alpha value is -2.94. The van der Waals surface area contributed by atoms with Crippen molar-refractivity contribution < 1.29 is 22.5 Å². The van der Waals surface area contributed by atoms with E-state index in [4.69, 9.17) is 4.74 Å². The van der Waals surface area contributed by atoms with Gasteiger partial charge in [0.25, 0.3) is 10.0 Å². The molecular formula is C16H13FN2O5S. The third-order valence-corrected chi connectivity index (χ3v) is 5.51. The summed E-state index contributed by atoms with van der Waals surface area (Å²) in [5.74, 6) is -0.523. The first kappa shape index (κ1) is 16.9. The van der Waals surface area contributed by atoms with Crippen LogP contribution in [0.5, 0.6) is 5.75 Å². The molecule has 0 N–H and O–H groups in total. The van der Waals surface area contributed by atoms with Gasteiger partial charge in [0.05, 0.1) is 22.4 Å². The average Bonchev–Trinajstić information content (AvgIpc) is 2.91. The summed E-state index contributed by atoms with van der Waals surface area (Å²) in [6, 6.07) is 7.15. The van der Waals surface area contributed by atoms with Gasteiger partial charge in [-0.2, -0.15) is 0 Å². The number of hydrogen-bond donors (Lipinski definition) is 0. The van der Waals surface area contributed by atoms with Crippen LogP contribution in [-0.2, 0) is 10.0 Å². The Labute approximate surface area is 142 Å². The van der Waals surface area contributed by atoms with Crippen molar-refractivity contribution in [2.24, 2.45) is 0 Å². The average molecular weight is 364 g/mol. The van der Waals surface area contributed by atoms with Crippen LogP contribution in [0.15, 0.2) is 47.5 Å². The molecule has 130 valence electrons. The van der Waals surface area contributed by atoms with Crippen molar-refractivity contribution in [3.8, 4) is 5.75 Å². The number of halogens is 1. The molecule has 1 aromatic heterocycles. The van der Waals surface area contributed by atoms with Crippen molar-refractivity contribution in [1.29, 1.82) is 0 Å². The van der Waals surface area contributed by atoms with E-state index < -0.39 is 26.5 Å². The molecule has 0 fully saturated rings. The number of nitro benzene ring substituents is 1. The van der Waals surface area contributed by atoms with Crippen molar-refractivity contribution in [2.75, 3.05) is 7.11 Å². The van der Waals surface area contributed by atoms with E-state index in [0.29, 0.717) is 10.9 Å². The Morgan fingerprint density at radius 3 is 2.56 bits per heavy atom. The zero-order chi connectivity index (χ0) is 18.4. The second-order valence-electron chi connectivity index (χ2n) is 5.37. The summed E-state index contributed by atoms with van der Waals surface area (Å²) in [6.45, 7) is 1.66. The first-order valence-electron chi connectivity index (χ1n) is 7.11. The van der Waals surface area contributed by atoms with Crippen LogP contribution < -0.4 is 4.74 Å². The van der Waals surface area contributed by atoms with Gasteiger partial charge in [0, 0.05) is 17.6 Å². The van der Waals surface area contributed by atoms with Crippen LogP contribution in [0.2, 0.25) is 0 Å². The monoisotopic (exact) mass is 364 g/mol. The molecule has 0 atom stereocenters. The first-order valence-corrected chi connectivity index (χ1v) is 8.55. The lowest BCUT2D eigenvalue weighted by molar-refractivity contribution is -0.386. The van der Waals surface area contributed by atoms with Crippen LogP contribution in [0.4, 0.5) is 10.1 Å². The molecule has 0 aliphatic rings. The van der Waals surface area contributed by atoms with Crippen molar-refractivity contribution in [3.63, 3.8) is 0 Å². The predicted molar refractivity (Wildman–Crippen MR) is 88.9 cm³/mol. The highest BCUT2D eigenvalue weighted by Gasteiger charge is 2.25. The molecule has 0 bridgehead atoms. The Morgan fingerprint density at radius 1 is 1.20 bits per heavy atom. The Morgan fingerprint density at radius 2 is 1.92 bits per heavy atom. The minimum Gasteiger partial charge on any atom is -0.490 e. The fourth-order valence-electron chi connectivity index (χ4n) is 2.62. The van der Waals surface area contributed by atoms with Gasteiger partial charge >= 0.3 is 5.69 Å². The fourth-order valence-corrected chi connectivity index (χ4v) is 4.06. The summed E-state index contributed by atoms with van der Waals surface area (Å²) < 4.78 is 45.1. The molecular weight excluding hydrogens is 351 g/mol. The summed E-state index contributed by atoms with van der Waals surface area (Å²) >= 11 is 0. The van der Waals surface area contributed by atoms with Gasteiger partial charge in [0.15, 0.2) is 5.75 Å². The molecule has 7 nitrogen and oxygen atoms in total. The lowest BCUT2D eigenvalue weighted by Crippen LogP contribution is -2.12. The summed E-state index contributed by atoms with van der Waals surface area (Å²) in [5, 5.41) is 11.6. The van der Waals surface area contributed by atoms with Gasteiger partial charge in [-0.1, -0.05) is 0 Å². The third kappa shape index (κ3) is 2.72. The number of rotatable bonds is 4. The van der Waals surface area contributed by atoms with Crippen molar-refractivity contribution in [3.05, 3.63) is 64.1 Å². The number of benzene rings is 2. The third-order valence-electron chi connectivity index (χ3n) is 3.84. The summed E-state index contributed by atoms with van der Waals surface area (Å²) in [6.07, 6.45) is 1.36. The molecule has 0 amide bonds.